The highest BCUT2D eigenvalue weighted by Gasteiger charge is 2.22. The molecular formula is C20H25N3O5. The third-order valence-electron chi connectivity index (χ3n) is 4.71. The Kier molecular flexibility index (Phi) is 5.87. The summed E-state index contributed by atoms with van der Waals surface area (Å²) in [6, 6.07) is 3.90. The Balaban J connectivity index is 1.64. The molecule has 0 radical (unpaired) electrons. The second kappa shape index (κ2) is 8.33. The number of aromatic amines is 2. The Hall–Kier alpha value is -3.03. The number of benzene rings is 1. The summed E-state index contributed by atoms with van der Waals surface area (Å²) in [6.07, 6.45) is 1.36. The van der Waals surface area contributed by atoms with Gasteiger partial charge in [-0.15, -0.1) is 0 Å². The van der Waals surface area contributed by atoms with Crippen LogP contribution in [0.4, 0.5) is 0 Å². The van der Waals surface area contributed by atoms with Crippen LogP contribution in [0.15, 0.2) is 21.7 Å². The van der Waals surface area contributed by atoms with E-state index in [4.69, 9.17) is 9.47 Å². The smallest absolute Gasteiger partial charge is 0.325 e. The molecule has 2 aromatic rings. The first-order chi connectivity index (χ1) is 13.4. The maximum absolute atomic E-state index is 12.3. The molecule has 0 saturated carbocycles. The Morgan fingerprint density at radius 1 is 1.32 bits per heavy atom. The van der Waals surface area contributed by atoms with Crippen molar-refractivity contribution in [2.75, 3.05) is 6.61 Å². The van der Waals surface area contributed by atoms with Crippen molar-refractivity contribution in [3.8, 4) is 11.5 Å². The van der Waals surface area contributed by atoms with Gasteiger partial charge in [-0.2, -0.15) is 0 Å². The molecule has 8 heteroatoms. The Bertz CT molecular complexity index is 992. The fourth-order valence-corrected chi connectivity index (χ4v) is 3.36. The zero-order valence-electron chi connectivity index (χ0n) is 16.3. The van der Waals surface area contributed by atoms with E-state index in [1.165, 1.54) is 0 Å². The summed E-state index contributed by atoms with van der Waals surface area (Å²) in [5.41, 5.74) is 1.83. The molecule has 1 aromatic heterocycles. The average Bonchev–Trinajstić information content (AvgIpc) is 2.98. The van der Waals surface area contributed by atoms with Gasteiger partial charge >= 0.3 is 5.69 Å². The van der Waals surface area contributed by atoms with Gasteiger partial charge in [-0.05, 0) is 39.3 Å². The van der Waals surface area contributed by atoms with Crippen molar-refractivity contribution in [2.45, 2.75) is 52.7 Å². The average molecular weight is 387 g/mol. The summed E-state index contributed by atoms with van der Waals surface area (Å²) < 4.78 is 11.5. The summed E-state index contributed by atoms with van der Waals surface area (Å²) in [7, 11) is 0. The SMILES string of the molecule is CCOc1cc2c(cc1CNC(=O)CCc1c(C)[nH]c(=O)[nH]c1=O)OC(C)C2. The number of rotatable bonds is 7. The third-order valence-corrected chi connectivity index (χ3v) is 4.71. The van der Waals surface area contributed by atoms with Crippen LogP contribution in [0.1, 0.15) is 42.7 Å². The molecule has 2 heterocycles. The van der Waals surface area contributed by atoms with Crippen LogP contribution in [0.2, 0.25) is 0 Å². The molecule has 1 amide bonds. The summed E-state index contributed by atoms with van der Waals surface area (Å²) in [5.74, 6) is 1.38. The standard InChI is InChI=1S/C20H25N3O5/c1-4-27-16-8-13-7-11(2)28-17(13)9-14(16)10-21-18(24)6-5-15-12(3)22-20(26)23-19(15)25/h8-9,11H,4-7,10H2,1-3H3,(H,21,24)(H2,22,23,25,26). The van der Waals surface area contributed by atoms with Crippen LogP contribution in [0.25, 0.3) is 0 Å². The predicted molar refractivity (Wildman–Crippen MR) is 104 cm³/mol. The first-order valence-electron chi connectivity index (χ1n) is 9.41. The van der Waals surface area contributed by atoms with Gasteiger partial charge in [-0.1, -0.05) is 0 Å². The Morgan fingerprint density at radius 3 is 2.82 bits per heavy atom. The molecule has 28 heavy (non-hydrogen) atoms. The fourth-order valence-electron chi connectivity index (χ4n) is 3.36. The van der Waals surface area contributed by atoms with Crippen LogP contribution in [-0.4, -0.2) is 28.6 Å². The highest BCUT2D eigenvalue weighted by Crippen LogP contribution is 2.35. The number of amides is 1. The van der Waals surface area contributed by atoms with Gasteiger partial charge in [0.2, 0.25) is 5.91 Å². The number of aryl methyl sites for hydroxylation is 1. The van der Waals surface area contributed by atoms with Gasteiger partial charge in [0, 0.05) is 41.8 Å². The minimum Gasteiger partial charge on any atom is -0.494 e. The molecule has 3 rings (SSSR count). The molecule has 1 unspecified atom stereocenters. The van der Waals surface area contributed by atoms with E-state index in [9.17, 15) is 14.4 Å². The number of H-pyrrole nitrogens is 2. The topological polar surface area (TPSA) is 113 Å². The lowest BCUT2D eigenvalue weighted by Crippen LogP contribution is -2.29. The summed E-state index contributed by atoms with van der Waals surface area (Å²) >= 11 is 0. The van der Waals surface area contributed by atoms with Gasteiger partial charge in [0.15, 0.2) is 0 Å². The van der Waals surface area contributed by atoms with Gasteiger partial charge in [-0.3, -0.25) is 14.6 Å². The number of hydrogen-bond donors (Lipinski definition) is 3. The van der Waals surface area contributed by atoms with E-state index in [1.807, 2.05) is 26.0 Å². The number of carbonyl (C=O) groups is 1. The summed E-state index contributed by atoms with van der Waals surface area (Å²) in [5, 5.41) is 2.86. The predicted octanol–water partition coefficient (Wildman–Crippen LogP) is 1.34. The normalized spacial score (nSPS) is 15.0. The van der Waals surface area contributed by atoms with Crippen molar-refractivity contribution < 1.29 is 14.3 Å². The molecule has 3 N–H and O–H groups in total. The summed E-state index contributed by atoms with van der Waals surface area (Å²) in [6.45, 7) is 6.41. The fraction of sp³-hybridized carbons (Fsp3) is 0.450. The first-order valence-corrected chi connectivity index (χ1v) is 9.41. The highest BCUT2D eigenvalue weighted by atomic mass is 16.5. The van der Waals surface area contributed by atoms with E-state index in [0.29, 0.717) is 24.4 Å². The van der Waals surface area contributed by atoms with E-state index in [0.717, 1.165) is 29.0 Å². The van der Waals surface area contributed by atoms with Crippen molar-refractivity contribution in [2.24, 2.45) is 0 Å². The van der Waals surface area contributed by atoms with Gasteiger partial charge in [0.25, 0.3) is 5.56 Å². The lowest BCUT2D eigenvalue weighted by molar-refractivity contribution is -0.121. The second-order valence-electron chi connectivity index (χ2n) is 6.92. The molecular weight excluding hydrogens is 362 g/mol. The molecule has 0 aliphatic carbocycles. The molecule has 0 fully saturated rings. The first kappa shape index (κ1) is 19.7. The van der Waals surface area contributed by atoms with E-state index in [1.54, 1.807) is 6.92 Å². The van der Waals surface area contributed by atoms with Crippen LogP contribution in [-0.2, 0) is 24.2 Å². The molecule has 8 nitrogen and oxygen atoms in total. The van der Waals surface area contributed by atoms with Crippen molar-refractivity contribution in [1.82, 2.24) is 15.3 Å². The van der Waals surface area contributed by atoms with E-state index < -0.39 is 11.2 Å². The van der Waals surface area contributed by atoms with Gasteiger partial charge < -0.3 is 19.8 Å². The third kappa shape index (κ3) is 4.44. The maximum Gasteiger partial charge on any atom is 0.325 e. The molecule has 0 saturated heterocycles. The molecule has 1 atom stereocenters. The highest BCUT2D eigenvalue weighted by molar-refractivity contribution is 5.76. The molecule has 0 bridgehead atoms. The van der Waals surface area contributed by atoms with Crippen molar-refractivity contribution >= 4 is 5.91 Å². The van der Waals surface area contributed by atoms with Gasteiger partial charge in [0.05, 0.1) is 6.61 Å². The molecule has 1 aliphatic rings. The number of ether oxygens (including phenoxy) is 2. The quantitative estimate of drug-likeness (QED) is 0.664. The monoisotopic (exact) mass is 387 g/mol. The number of nitrogens with one attached hydrogen (secondary N) is 3. The lowest BCUT2D eigenvalue weighted by atomic mass is 10.1. The van der Waals surface area contributed by atoms with Crippen molar-refractivity contribution in [1.29, 1.82) is 0 Å². The summed E-state index contributed by atoms with van der Waals surface area (Å²) in [4.78, 5) is 40.1. The van der Waals surface area contributed by atoms with Crippen molar-refractivity contribution in [3.63, 3.8) is 0 Å². The zero-order valence-corrected chi connectivity index (χ0v) is 16.3. The van der Waals surface area contributed by atoms with Gasteiger partial charge in [0.1, 0.15) is 17.6 Å². The molecule has 150 valence electrons. The van der Waals surface area contributed by atoms with E-state index in [-0.39, 0.29) is 24.9 Å². The van der Waals surface area contributed by atoms with E-state index in [2.05, 4.69) is 15.3 Å². The van der Waals surface area contributed by atoms with Crippen LogP contribution < -0.4 is 26.0 Å². The minimum atomic E-state index is -0.549. The van der Waals surface area contributed by atoms with Crippen molar-refractivity contribution in [3.05, 3.63) is 55.4 Å². The number of hydrogen-bond acceptors (Lipinski definition) is 5. The van der Waals surface area contributed by atoms with E-state index >= 15 is 0 Å². The number of carbonyl (C=O) groups excluding carboxylic acids is 1. The minimum absolute atomic E-state index is 0.132. The molecule has 1 aromatic carbocycles. The molecule has 1 aliphatic heterocycles. The zero-order chi connectivity index (χ0) is 20.3. The van der Waals surface area contributed by atoms with Crippen LogP contribution in [0.3, 0.4) is 0 Å². The number of aromatic nitrogens is 2. The lowest BCUT2D eigenvalue weighted by Gasteiger charge is -2.13. The Morgan fingerprint density at radius 2 is 2.11 bits per heavy atom. The Labute approximate surface area is 162 Å². The second-order valence-corrected chi connectivity index (χ2v) is 6.92. The van der Waals surface area contributed by atoms with Crippen LogP contribution in [0.5, 0.6) is 11.5 Å². The molecule has 0 spiro atoms. The van der Waals surface area contributed by atoms with Crippen LogP contribution >= 0.6 is 0 Å². The number of fused-ring (bicyclic) bond motifs is 1. The largest absolute Gasteiger partial charge is 0.494 e. The van der Waals surface area contributed by atoms with Gasteiger partial charge in [-0.25, -0.2) is 4.79 Å². The van der Waals surface area contributed by atoms with Crippen LogP contribution in [0, 0.1) is 6.92 Å². The maximum atomic E-state index is 12.3.